The van der Waals surface area contributed by atoms with Crippen LogP contribution in [-0.4, -0.2) is 30.3 Å². The first kappa shape index (κ1) is 9.35. The summed E-state index contributed by atoms with van der Waals surface area (Å²) in [6, 6.07) is 0. The second-order valence-electron chi connectivity index (χ2n) is 4.09. The summed E-state index contributed by atoms with van der Waals surface area (Å²) in [5.74, 6) is 1.39. The summed E-state index contributed by atoms with van der Waals surface area (Å²) >= 11 is 0. The number of nitrogens with one attached hydrogen (secondary N) is 1. The molecule has 0 atom stereocenters. The Morgan fingerprint density at radius 2 is 2.27 bits per heavy atom. The lowest BCUT2D eigenvalue weighted by Crippen LogP contribution is -2.30. The molecule has 0 saturated heterocycles. The summed E-state index contributed by atoms with van der Waals surface area (Å²) in [5.41, 5.74) is 1.92. The Labute approximate surface area is 88.4 Å². The molecular formula is C9H13N3O2S. The van der Waals surface area contributed by atoms with E-state index in [1.54, 1.807) is 0 Å². The summed E-state index contributed by atoms with van der Waals surface area (Å²) in [7, 11) is -2.89. The molecule has 2 aliphatic rings. The Morgan fingerprint density at radius 3 is 3.13 bits per heavy atom. The molecule has 0 radical (unpaired) electrons. The maximum absolute atomic E-state index is 11.5. The van der Waals surface area contributed by atoms with E-state index in [1.807, 2.05) is 0 Å². The van der Waals surface area contributed by atoms with Crippen LogP contribution in [0.2, 0.25) is 0 Å². The van der Waals surface area contributed by atoms with Crippen molar-refractivity contribution in [3.05, 3.63) is 17.2 Å². The summed E-state index contributed by atoms with van der Waals surface area (Å²) < 4.78 is 25.1. The molecule has 3 rings (SSSR count). The average Bonchev–Trinajstić information content (AvgIpc) is 2.52. The van der Waals surface area contributed by atoms with Gasteiger partial charge in [-0.2, -0.15) is 0 Å². The number of sulfone groups is 1. The third kappa shape index (κ3) is 1.48. The molecule has 6 heteroatoms. The minimum Gasteiger partial charge on any atom is -0.329 e. The van der Waals surface area contributed by atoms with Crippen molar-refractivity contribution >= 4 is 9.84 Å². The normalized spacial score (nSPS) is 23.2. The second kappa shape index (κ2) is 3.05. The van der Waals surface area contributed by atoms with E-state index in [4.69, 9.17) is 0 Å². The first-order valence-corrected chi connectivity index (χ1v) is 6.96. The van der Waals surface area contributed by atoms with Crippen molar-refractivity contribution in [1.82, 2.24) is 14.9 Å². The molecule has 0 bridgehead atoms. The molecule has 0 aliphatic carbocycles. The van der Waals surface area contributed by atoms with Gasteiger partial charge >= 0.3 is 0 Å². The van der Waals surface area contributed by atoms with Crippen LogP contribution in [0.1, 0.15) is 17.2 Å². The molecule has 82 valence electrons. The van der Waals surface area contributed by atoms with E-state index >= 15 is 0 Å². The van der Waals surface area contributed by atoms with Crippen molar-refractivity contribution in [3.8, 4) is 0 Å². The molecule has 0 amide bonds. The molecular weight excluding hydrogens is 214 g/mol. The zero-order chi connectivity index (χ0) is 10.5. The van der Waals surface area contributed by atoms with Crippen LogP contribution in [-0.2, 0) is 35.1 Å². The Bertz CT molecular complexity index is 504. The van der Waals surface area contributed by atoms with E-state index in [0.29, 0.717) is 6.42 Å². The van der Waals surface area contributed by atoms with Crippen LogP contribution >= 0.6 is 0 Å². The van der Waals surface area contributed by atoms with Crippen molar-refractivity contribution in [2.75, 3.05) is 12.3 Å². The molecule has 0 aromatic carbocycles. The van der Waals surface area contributed by atoms with E-state index in [9.17, 15) is 8.42 Å². The van der Waals surface area contributed by atoms with E-state index in [2.05, 4.69) is 14.9 Å². The van der Waals surface area contributed by atoms with Gasteiger partial charge in [-0.05, 0) is 0 Å². The minimum absolute atomic E-state index is 0.127. The van der Waals surface area contributed by atoms with Gasteiger partial charge in [0.05, 0.1) is 23.7 Å². The molecule has 1 aromatic heterocycles. The molecule has 1 aromatic rings. The molecule has 0 unspecified atom stereocenters. The summed E-state index contributed by atoms with van der Waals surface area (Å²) in [4.78, 5) is 4.41. The molecule has 0 fully saturated rings. The van der Waals surface area contributed by atoms with Gasteiger partial charge in [0.15, 0.2) is 9.84 Å². The number of nitrogens with zero attached hydrogens (tertiary/aromatic N) is 2. The lowest BCUT2D eigenvalue weighted by atomic mass is 10.2. The molecule has 2 aliphatic heterocycles. The van der Waals surface area contributed by atoms with Gasteiger partial charge in [0.2, 0.25) is 0 Å². The van der Waals surface area contributed by atoms with Gasteiger partial charge in [-0.3, -0.25) is 0 Å². The maximum atomic E-state index is 11.5. The summed E-state index contributed by atoms with van der Waals surface area (Å²) in [6.07, 6.45) is 0.630. The smallest absolute Gasteiger partial charge is 0.156 e. The van der Waals surface area contributed by atoms with Crippen molar-refractivity contribution in [3.63, 3.8) is 0 Å². The SMILES string of the molecule is O=S1(=O)CCc2c(nc3n2CCNC3)C1. The predicted molar refractivity (Wildman–Crippen MR) is 55.1 cm³/mol. The van der Waals surface area contributed by atoms with Gasteiger partial charge in [0, 0.05) is 25.2 Å². The largest absolute Gasteiger partial charge is 0.329 e. The molecule has 3 heterocycles. The molecule has 5 nitrogen and oxygen atoms in total. The lowest BCUT2D eigenvalue weighted by Gasteiger charge is -2.19. The highest BCUT2D eigenvalue weighted by Gasteiger charge is 2.28. The van der Waals surface area contributed by atoms with Crippen LogP contribution in [0.4, 0.5) is 0 Å². The third-order valence-corrected chi connectivity index (χ3v) is 4.58. The van der Waals surface area contributed by atoms with Gasteiger partial charge < -0.3 is 9.88 Å². The quantitative estimate of drug-likeness (QED) is 0.646. The maximum Gasteiger partial charge on any atom is 0.156 e. The molecule has 0 spiro atoms. The number of fused-ring (bicyclic) bond motifs is 3. The monoisotopic (exact) mass is 227 g/mol. The highest BCUT2D eigenvalue weighted by molar-refractivity contribution is 7.90. The molecule has 1 N–H and O–H groups in total. The van der Waals surface area contributed by atoms with Crippen LogP contribution in [0.25, 0.3) is 0 Å². The van der Waals surface area contributed by atoms with Crippen molar-refractivity contribution in [1.29, 1.82) is 0 Å². The van der Waals surface area contributed by atoms with Crippen LogP contribution in [0.5, 0.6) is 0 Å². The fraction of sp³-hybridized carbons (Fsp3) is 0.667. The van der Waals surface area contributed by atoms with Gasteiger partial charge in [0.25, 0.3) is 0 Å². The van der Waals surface area contributed by atoms with Gasteiger partial charge in [-0.25, -0.2) is 13.4 Å². The predicted octanol–water partition coefficient (Wildman–Crippen LogP) is -0.543. The number of rotatable bonds is 0. The van der Waals surface area contributed by atoms with Crippen LogP contribution in [0, 0.1) is 0 Å². The fourth-order valence-electron chi connectivity index (χ4n) is 2.31. The summed E-state index contributed by atoms with van der Waals surface area (Å²) in [6.45, 7) is 2.62. The Hall–Kier alpha value is -0.880. The van der Waals surface area contributed by atoms with Crippen molar-refractivity contribution in [2.45, 2.75) is 25.3 Å². The number of aromatic nitrogens is 2. The van der Waals surface area contributed by atoms with Crippen LogP contribution in [0.3, 0.4) is 0 Å². The number of hydrogen-bond donors (Lipinski definition) is 1. The van der Waals surface area contributed by atoms with Gasteiger partial charge in [0.1, 0.15) is 5.82 Å². The standard InChI is InChI=1S/C9H13N3O2S/c13-15(14)4-1-8-7(6-15)11-9-5-10-2-3-12(8)9/h10H,1-6H2. The minimum atomic E-state index is -2.89. The lowest BCUT2D eigenvalue weighted by molar-refractivity contribution is 0.494. The van der Waals surface area contributed by atoms with Gasteiger partial charge in [-0.15, -0.1) is 0 Å². The zero-order valence-corrected chi connectivity index (χ0v) is 9.18. The Kier molecular flexibility index (Phi) is 1.90. The fourth-order valence-corrected chi connectivity index (χ4v) is 3.61. The van der Waals surface area contributed by atoms with Crippen molar-refractivity contribution < 1.29 is 8.42 Å². The number of hydrogen-bond acceptors (Lipinski definition) is 4. The zero-order valence-electron chi connectivity index (χ0n) is 8.36. The topological polar surface area (TPSA) is 64.0 Å². The Morgan fingerprint density at radius 1 is 1.40 bits per heavy atom. The van der Waals surface area contributed by atoms with Crippen molar-refractivity contribution in [2.24, 2.45) is 0 Å². The summed E-state index contributed by atoms with van der Waals surface area (Å²) in [5, 5.41) is 3.24. The highest BCUT2D eigenvalue weighted by atomic mass is 32.2. The van der Waals surface area contributed by atoms with Crippen LogP contribution in [0.15, 0.2) is 0 Å². The Balaban J connectivity index is 2.10. The first-order chi connectivity index (χ1) is 7.16. The highest BCUT2D eigenvalue weighted by Crippen LogP contribution is 2.22. The van der Waals surface area contributed by atoms with Crippen LogP contribution < -0.4 is 5.32 Å². The second-order valence-corrected chi connectivity index (χ2v) is 6.28. The molecule has 15 heavy (non-hydrogen) atoms. The molecule has 0 saturated carbocycles. The number of imidazole rings is 1. The van der Waals surface area contributed by atoms with E-state index in [1.165, 1.54) is 0 Å². The average molecular weight is 227 g/mol. The van der Waals surface area contributed by atoms with Gasteiger partial charge in [-0.1, -0.05) is 0 Å². The van der Waals surface area contributed by atoms with E-state index < -0.39 is 9.84 Å². The van der Waals surface area contributed by atoms with E-state index in [-0.39, 0.29) is 11.5 Å². The van der Waals surface area contributed by atoms with E-state index in [0.717, 1.165) is 36.8 Å². The first-order valence-electron chi connectivity index (χ1n) is 5.14. The third-order valence-electron chi connectivity index (χ3n) is 3.04.